The summed E-state index contributed by atoms with van der Waals surface area (Å²) in [5.74, 6) is 0.938. The molecule has 2 aliphatic rings. The van der Waals surface area contributed by atoms with Gasteiger partial charge in [0.2, 0.25) is 0 Å². The number of likely N-dealkylation sites (N-methyl/N-ethyl adjacent to an activating group) is 1. The summed E-state index contributed by atoms with van der Waals surface area (Å²) < 4.78 is 22.1. The third kappa shape index (κ3) is 3.49. The van der Waals surface area contributed by atoms with Gasteiger partial charge >= 0.3 is 0 Å². The summed E-state index contributed by atoms with van der Waals surface area (Å²) in [6.07, 6.45) is 6.87. The Kier molecular flexibility index (Phi) is 4.80. The molecule has 5 rings (SSSR count). The number of methoxy groups -OCH3 is 1. The van der Waals surface area contributed by atoms with Crippen molar-refractivity contribution in [1.29, 1.82) is 0 Å². The van der Waals surface area contributed by atoms with Crippen LogP contribution in [0.25, 0.3) is 11.3 Å². The van der Waals surface area contributed by atoms with Crippen LogP contribution < -0.4 is 20.1 Å². The van der Waals surface area contributed by atoms with Crippen LogP contribution in [0.2, 0.25) is 0 Å². The Balaban J connectivity index is 1.33. The third-order valence-electron chi connectivity index (χ3n) is 5.97. The molecule has 31 heavy (non-hydrogen) atoms. The highest BCUT2D eigenvalue weighted by Gasteiger charge is 2.35. The summed E-state index contributed by atoms with van der Waals surface area (Å²) in [6.45, 7) is 1.10. The first-order valence-corrected chi connectivity index (χ1v) is 10.3. The van der Waals surface area contributed by atoms with E-state index in [1.54, 1.807) is 48.3 Å². The van der Waals surface area contributed by atoms with Crippen LogP contribution in [0.15, 0.2) is 47.8 Å². The van der Waals surface area contributed by atoms with Gasteiger partial charge in [0.1, 0.15) is 17.8 Å². The molecule has 9 heteroatoms. The van der Waals surface area contributed by atoms with Gasteiger partial charge in [-0.3, -0.25) is 4.79 Å². The number of hydrogen-bond acceptors (Lipinski definition) is 7. The molecule has 160 valence electrons. The summed E-state index contributed by atoms with van der Waals surface area (Å²) >= 11 is 0. The van der Waals surface area contributed by atoms with E-state index in [-0.39, 0.29) is 23.1 Å². The zero-order valence-corrected chi connectivity index (χ0v) is 17.4. The summed E-state index contributed by atoms with van der Waals surface area (Å²) in [4.78, 5) is 29.1. The predicted octanol–water partition coefficient (Wildman–Crippen LogP) is 2.51. The lowest BCUT2D eigenvalue weighted by molar-refractivity contribution is 0.415. The van der Waals surface area contributed by atoms with Gasteiger partial charge in [0, 0.05) is 44.1 Å². The highest BCUT2D eigenvalue weighted by Crippen LogP contribution is 2.34. The van der Waals surface area contributed by atoms with Gasteiger partial charge in [-0.2, -0.15) is 0 Å². The normalized spacial score (nSPS) is 16.2. The molecule has 0 amide bonds. The van der Waals surface area contributed by atoms with E-state index in [1.807, 2.05) is 16.8 Å². The van der Waals surface area contributed by atoms with Gasteiger partial charge in [0.05, 0.1) is 13.2 Å². The summed E-state index contributed by atoms with van der Waals surface area (Å²) in [5.41, 5.74) is 0.840. The van der Waals surface area contributed by atoms with Crippen LogP contribution in [0.3, 0.4) is 0 Å². The highest BCUT2D eigenvalue weighted by atomic mass is 19.1. The molecule has 1 aromatic carbocycles. The van der Waals surface area contributed by atoms with E-state index >= 15 is 4.39 Å². The minimum Gasteiger partial charge on any atom is -0.497 e. The molecule has 1 aliphatic carbocycles. The minimum absolute atomic E-state index is 0.0501. The van der Waals surface area contributed by atoms with Gasteiger partial charge in [-0.1, -0.05) is 0 Å². The van der Waals surface area contributed by atoms with Crippen molar-refractivity contribution in [3.63, 3.8) is 0 Å². The third-order valence-corrected chi connectivity index (χ3v) is 5.97. The van der Waals surface area contributed by atoms with E-state index in [2.05, 4.69) is 15.0 Å². The first-order valence-electron chi connectivity index (χ1n) is 10.3. The number of anilines is 2. The SMILES string of the molecule is COc1ccc(-c2ncnc(N3CC(N(C)c4nccn(C5CC5)c4=O)C3)c2F)cc1. The van der Waals surface area contributed by atoms with E-state index in [9.17, 15) is 4.79 Å². The molecule has 2 aromatic heterocycles. The van der Waals surface area contributed by atoms with Crippen molar-refractivity contribution in [3.8, 4) is 17.0 Å². The molecule has 2 fully saturated rings. The van der Waals surface area contributed by atoms with Gasteiger partial charge in [-0.25, -0.2) is 19.3 Å². The van der Waals surface area contributed by atoms with Crippen LogP contribution >= 0.6 is 0 Å². The van der Waals surface area contributed by atoms with E-state index < -0.39 is 5.82 Å². The lowest BCUT2D eigenvalue weighted by Crippen LogP contribution is -2.60. The van der Waals surface area contributed by atoms with E-state index in [0.29, 0.717) is 36.3 Å². The number of rotatable bonds is 6. The Labute approximate surface area is 179 Å². The van der Waals surface area contributed by atoms with Gasteiger partial charge in [-0.15, -0.1) is 0 Å². The van der Waals surface area contributed by atoms with Crippen molar-refractivity contribution in [3.05, 3.63) is 59.2 Å². The predicted molar refractivity (Wildman–Crippen MR) is 115 cm³/mol. The molecule has 3 heterocycles. The first-order chi connectivity index (χ1) is 15.1. The Morgan fingerprint density at radius 2 is 1.87 bits per heavy atom. The first kappa shape index (κ1) is 19.5. The average Bonchev–Trinajstić information content (AvgIpc) is 3.59. The smallest absolute Gasteiger partial charge is 0.293 e. The Morgan fingerprint density at radius 3 is 2.55 bits per heavy atom. The lowest BCUT2D eigenvalue weighted by Gasteiger charge is -2.44. The van der Waals surface area contributed by atoms with Crippen LogP contribution in [0.4, 0.5) is 16.0 Å². The van der Waals surface area contributed by atoms with Crippen LogP contribution in [0, 0.1) is 5.82 Å². The Hall–Kier alpha value is -3.49. The molecule has 3 aromatic rings. The molecule has 1 saturated carbocycles. The second kappa shape index (κ2) is 7.64. The van der Waals surface area contributed by atoms with Crippen LogP contribution in [0.1, 0.15) is 18.9 Å². The zero-order valence-electron chi connectivity index (χ0n) is 17.4. The summed E-state index contributed by atoms with van der Waals surface area (Å²) in [7, 11) is 3.45. The molecule has 0 bridgehead atoms. The van der Waals surface area contributed by atoms with Gasteiger partial charge in [0.25, 0.3) is 5.56 Å². The van der Waals surface area contributed by atoms with Crippen molar-refractivity contribution < 1.29 is 9.13 Å². The monoisotopic (exact) mass is 422 g/mol. The number of nitrogens with zero attached hydrogens (tertiary/aromatic N) is 6. The molecule has 0 spiro atoms. The molecule has 1 aliphatic heterocycles. The van der Waals surface area contributed by atoms with E-state index in [4.69, 9.17) is 4.74 Å². The molecular weight excluding hydrogens is 399 g/mol. The zero-order chi connectivity index (χ0) is 21.5. The van der Waals surface area contributed by atoms with E-state index in [1.165, 1.54) is 6.33 Å². The fourth-order valence-corrected chi connectivity index (χ4v) is 3.87. The molecule has 1 saturated heterocycles. The second-order valence-electron chi connectivity index (χ2n) is 7.95. The second-order valence-corrected chi connectivity index (χ2v) is 7.95. The number of ether oxygens (including phenoxy) is 1. The Morgan fingerprint density at radius 1 is 1.13 bits per heavy atom. The fraction of sp³-hybridized carbons (Fsp3) is 0.364. The molecule has 0 atom stereocenters. The number of benzene rings is 1. The maximum absolute atomic E-state index is 15.2. The maximum Gasteiger partial charge on any atom is 0.293 e. The van der Waals surface area contributed by atoms with Crippen molar-refractivity contribution >= 4 is 11.6 Å². The highest BCUT2D eigenvalue weighted by molar-refractivity contribution is 5.65. The van der Waals surface area contributed by atoms with Crippen molar-refractivity contribution in [1.82, 2.24) is 19.5 Å². The maximum atomic E-state index is 15.2. The largest absolute Gasteiger partial charge is 0.497 e. The van der Waals surface area contributed by atoms with Crippen LogP contribution in [-0.2, 0) is 0 Å². The van der Waals surface area contributed by atoms with Crippen LogP contribution in [0.5, 0.6) is 5.75 Å². The van der Waals surface area contributed by atoms with Crippen LogP contribution in [-0.4, -0.2) is 52.8 Å². The summed E-state index contributed by atoms with van der Waals surface area (Å²) in [5, 5.41) is 0. The Bertz CT molecular complexity index is 1160. The molecule has 0 unspecified atom stereocenters. The van der Waals surface area contributed by atoms with Crippen molar-refractivity contribution in [2.75, 3.05) is 37.0 Å². The van der Waals surface area contributed by atoms with Gasteiger partial charge < -0.3 is 19.1 Å². The molecule has 8 nitrogen and oxygen atoms in total. The number of aromatic nitrogens is 4. The number of halogens is 1. The van der Waals surface area contributed by atoms with E-state index in [0.717, 1.165) is 12.8 Å². The quantitative estimate of drug-likeness (QED) is 0.604. The average molecular weight is 422 g/mol. The van der Waals surface area contributed by atoms with Gasteiger partial charge in [0.15, 0.2) is 17.5 Å². The molecular formula is C22H23FN6O2. The number of hydrogen-bond donors (Lipinski definition) is 0. The van der Waals surface area contributed by atoms with Crippen molar-refractivity contribution in [2.45, 2.75) is 24.9 Å². The molecule has 0 N–H and O–H groups in total. The minimum atomic E-state index is -0.456. The topological polar surface area (TPSA) is 76.4 Å². The summed E-state index contributed by atoms with van der Waals surface area (Å²) in [6, 6.07) is 7.43. The standard InChI is InChI=1S/C22H23FN6O2/c1-27(21-22(30)29(10-9-24-21)15-5-6-15)16-11-28(12-16)20-18(23)19(25-13-26-20)14-3-7-17(31-2)8-4-14/h3-4,7-10,13,15-16H,5-6,11-12H2,1-2H3. The lowest BCUT2D eigenvalue weighted by atomic mass is 10.1. The van der Waals surface area contributed by atoms with Crippen molar-refractivity contribution in [2.24, 2.45) is 0 Å². The molecule has 0 radical (unpaired) electrons. The van der Waals surface area contributed by atoms with Gasteiger partial charge in [-0.05, 0) is 37.1 Å². The fourth-order valence-electron chi connectivity index (χ4n) is 3.87.